The molecule has 1 aromatic heterocycles. The molecule has 2 aromatic carbocycles. The number of rotatable bonds is 6. The summed E-state index contributed by atoms with van der Waals surface area (Å²) in [4.78, 5) is 24.5. The Bertz CT molecular complexity index is 901. The molecule has 0 fully saturated rings. The third-order valence-corrected chi connectivity index (χ3v) is 3.71. The van der Waals surface area contributed by atoms with E-state index in [2.05, 4.69) is 10.5 Å². The van der Waals surface area contributed by atoms with Crippen LogP contribution < -0.4 is 10.1 Å². The van der Waals surface area contributed by atoms with E-state index in [0.717, 1.165) is 0 Å². The number of carbonyl (C=O) groups is 2. The minimum absolute atomic E-state index is 0.0654. The molecule has 6 heteroatoms. The summed E-state index contributed by atoms with van der Waals surface area (Å²) in [6.45, 7) is 3.37. The topological polar surface area (TPSA) is 81.4 Å². The van der Waals surface area contributed by atoms with Crippen LogP contribution in [0.3, 0.4) is 0 Å². The third-order valence-electron chi connectivity index (χ3n) is 3.71. The summed E-state index contributed by atoms with van der Waals surface area (Å²) in [7, 11) is 0. The highest BCUT2D eigenvalue weighted by atomic mass is 16.5. The number of nitrogens with zero attached hydrogens (tertiary/aromatic N) is 1. The van der Waals surface area contributed by atoms with Gasteiger partial charge in [0.2, 0.25) is 0 Å². The monoisotopic (exact) mass is 350 g/mol. The average molecular weight is 350 g/mol. The number of hydrogen-bond acceptors (Lipinski definition) is 5. The lowest BCUT2D eigenvalue weighted by Crippen LogP contribution is -2.30. The fourth-order valence-electron chi connectivity index (χ4n) is 2.35. The molecule has 1 heterocycles. The molecule has 0 spiro atoms. The first-order chi connectivity index (χ1) is 12.5. The zero-order chi connectivity index (χ0) is 18.5. The van der Waals surface area contributed by atoms with Crippen molar-refractivity contribution in [2.75, 3.05) is 5.32 Å². The Morgan fingerprint density at radius 1 is 1.04 bits per heavy atom. The molecule has 1 N–H and O–H groups in total. The second kappa shape index (κ2) is 7.65. The number of benzene rings is 2. The van der Waals surface area contributed by atoms with E-state index in [-0.39, 0.29) is 11.7 Å². The Morgan fingerprint density at radius 2 is 1.69 bits per heavy atom. The molecule has 6 nitrogen and oxygen atoms in total. The molecule has 0 aliphatic heterocycles. The number of amides is 1. The van der Waals surface area contributed by atoms with Gasteiger partial charge in [0.25, 0.3) is 5.91 Å². The molecule has 0 saturated carbocycles. The Labute approximate surface area is 150 Å². The maximum absolute atomic E-state index is 12.4. The predicted octanol–water partition coefficient (Wildman–Crippen LogP) is 3.62. The van der Waals surface area contributed by atoms with E-state index in [1.807, 2.05) is 18.2 Å². The Morgan fingerprint density at radius 3 is 2.31 bits per heavy atom. The van der Waals surface area contributed by atoms with Crippen LogP contribution in [0.15, 0.2) is 65.2 Å². The largest absolute Gasteiger partial charge is 0.481 e. The van der Waals surface area contributed by atoms with Gasteiger partial charge in [-0.05, 0) is 38.1 Å². The predicted molar refractivity (Wildman–Crippen MR) is 96.3 cm³/mol. The quantitative estimate of drug-likeness (QED) is 0.687. The summed E-state index contributed by atoms with van der Waals surface area (Å²) >= 11 is 0. The number of ketones is 1. The van der Waals surface area contributed by atoms with Crippen molar-refractivity contribution in [2.45, 2.75) is 20.0 Å². The molecule has 3 rings (SSSR count). The zero-order valence-electron chi connectivity index (χ0n) is 14.4. The second-order valence-corrected chi connectivity index (χ2v) is 5.79. The van der Waals surface area contributed by atoms with Gasteiger partial charge in [0, 0.05) is 17.2 Å². The first-order valence-electron chi connectivity index (χ1n) is 8.13. The Hall–Kier alpha value is -3.41. The SMILES string of the molecule is Cc1cc(NC(=O)C(C)Oc2ccc(C(=O)c3ccccc3)cc2)no1. The van der Waals surface area contributed by atoms with Crippen molar-refractivity contribution in [3.63, 3.8) is 0 Å². The summed E-state index contributed by atoms with van der Waals surface area (Å²) in [6.07, 6.45) is -0.734. The molecule has 0 saturated heterocycles. The number of aromatic nitrogens is 1. The van der Waals surface area contributed by atoms with Gasteiger partial charge < -0.3 is 14.6 Å². The van der Waals surface area contributed by atoms with Gasteiger partial charge in [-0.15, -0.1) is 0 Å². The van der Waals surface area contributed by atoms with Crippen LogP contribution in [-0.4, -0.2) is 23.0 Å². The number of carbonyl (C=O) groups excluding carboxylic acids is 2. The van der Waals surface area contributed by atoms with Crippen molar-refractivity contribution in [2.24, 2.45) is 0 Å². The van der Waals surface area contributed by atoms with Crippen molar-refractivity contribution >= 4 is 17.5 Å². The molecule has 132 valence electrons. The van der Waals surface area contributed by atoms with E-state index in [0.29, 0.717) is 28.5 Å². The Balaban J connectivity index is 1.61. The van der Waals surface area contributed by atoms with Crippen LogP contribution in [0.1, 0.15) is 28.6 Å². The highest BCUT2D eigenvalue weighted by molar-refractivity contribution is 6.09. The van der Waals surface area contributed by atoms with Crippen LogP contribution >= 0.6 is 0 Å². The van der Waals surface area contributed by atoms with Gasteiger partial charge in [-0.3, -0.25) is 9.59 Å². The van der Waals surface area contributed by atoms with Gasteiger partial charge in [-0.1, -0.05) is 35.5 Å². The lowest BCUT2D eigenvalue weighted by molar-refractivity contribution is -0.122. The van der Waals surface area contributed by atoms with E-state index in [9.17, 15) is 9.59 Å². The molecule has 26 heavy (non-hydrogen) atoms. The molecule has 1 unspecified atom stereocenters. The number of anilines is 1. The minimum Gasteiger partial charge on any atom is -0.481 e. The van der Waals surface area contributed by atoms with Gasteiger partial charge in [-0.2, -0.15) is 0 Å². The van der Waals surface area contributed by atoms with Gasteiger partial charge >= 0.3 is 0 Å². The van der Waals surface area contributed by atoms with Crippen molar-refractivity contribution in [1.29, 1.82) is 0 Å². The van der Waals surface area contributed by atoms with Gasteiger partial charge in [0.05, 0.1) is 0 Å². The molecule has 0 aliphatic rings. The van der Waals surface area contributed by atoms with Gasteiger partial charge in [0.1, 0.15) is 11.5 Å². The van der Waals surface area contributed by atoms with E-state index in [1.54, 1.807) is 56.3 Å². The van der Waals surface area contributed by atoms with Gasteiger partial charge in [-0.25, -0.2) is 0 Å². The van der Waals surface area contributed by atoms with E-state index in [1.165, 1.54) is 0 Å². The fraction of sp³-hybridized carbons (Fsp3) is 0.150. The third kappa shape index (κ3) is 4.16. The number of hydrogen-bond donors (Lipinski definition) is 1. The molecule has 1 atom stereocenters. The standard InChI is InChI=1S/C20H18N2O4/c1-13-12-18(22-26-13)21-20(24)14(2)25-17-10-8-16(9-11-17)19(23)15-6-4-3-5-7-15/h3-12,14H,1-2H3,(H,21,22,24). The maximum Gasteiger partial charge on any atom is 0.266 e. The van der Waals surface area contributed by atoms with Crippen LogP contribution in [0, 0.1) is 6.92 Å². The summed E-state index contributed by atoms with van der Waals surface area (Å²) in [5.74, 6) is 1.03. The fourth-order valence-corrected chi connectivity index (χ4v) is 2.35. The van der Waals surface area contributed by atoms with Crippen molar-refractivity contribution in [1.82, 2.24) is 5.16 Å². The molecule has 1 amide bonds. The first kappa shape index (κ1) is 17.4. The van der Waals surface area contributed by atoms with Crippen molar-refractivity contribution in [3.8, 4) is 5.75 Å². The maximum atomic E-state index is 12.4. The molecule has 0 radical (unpaired) electrons. The van der Waals surface area contributed by atoms with Crippen LogP contribution in [-0.2, 0) is 4.79 Å². The van der Waals surface area contributed by atoms with Crippen molar-refractivity contribution < 1.29 is 18.8 Å². The van der Waals surface area contributed by atoms with Crippen LogP contribution in [0.5, 0.6) is 5.75 Å². The van der Waals surface area contributed by atoms with Crippen LogP contribution in [0.25, 0.3) is 0 Å². The van der Waals surface area contributed by atoms with E-state index >= 15 is 0 Å². The summed E-state index contributed by atoms with van der Waals surface area (Å²) in [5.41, 5.74) is 1.18. The summed E-state index contributed by atoms with van der Waals surface area (Å²) in [5, 5.41) is 6.32. The number of nitrogens with one attached hydrogen (secondary N) is 1. The van der Waals surface area contributed by atoms with E-state index in [4.69, 9.17) is 9.26 Å². The first-order valence-corrected chi connectivity index (χ1v) is 8.13. The lowest BCUT2D eigenvalue weighted by atomic mass is 10.0. The number of ether oxygens (including phenoxy) is 1. The smallest absolute Gasteiger partial charge is 0.266 e. The Kier molecular flexibility index (Phi) is 5.12. The molecular weight excluding hydrogens is 332 g/mol. The zero-order valence-corrected chi connectivity index (χ0v) is 14.4. The minimum atomic E-state index is -0.734. The summed E-state index contributed by atoms with van der Waals surface area (Å²) in [6, 6.07) is 17.3. The van der Waals surface area contributed by atoms with Gasteiger partial charge in [0.15, 0.2) is 17.7 Å². The average Bonchev–Trinajstić information content (AvgIpc) is 3.07. The van der Waals surface area contributed by atoms with E-state index < -0.39 is 6.10 Å². The second-order valence-electron chi connectivity index (χ2n) is 5.79. The molecule has 0 aliphatic carbocycles. The highest BCUT2D eigenvalue weighted by Crippen LogP contribution is 2.17. The molecular formula is C20H18N2O4. The number of aryl methyl sites for hydroxylation is 1. The molecule has 3 aromatic rings. The van der Waals surface area contributed by atoms with Crippen LogP contribution in [0.2, 0.25) is 0 Å². The summed E-state index contributed by atoms with van der Waals surface area (Å²) < 4.78 is 10.5. The van der Waals surface area contributed by atoms with Crippen LogP contribution in [0.4, 0.5) is 5.82 Å². The normalized spacial score (nSPS) is 11.6. The van der Waals surface area contributed by atoms with Crippen molar-refractivity contribution in [3.05, 3.63) is 77.6 Å². The highest BCUT2D eigenvalue weighted by Gasteiger charge is 2.17. The lowest BCUT2D eigenvalue weighted by Gasteiger charge is -2.14. The molecule has 0 bridgehead atoms.